The monoisotopic (exact) mass is 98.1 g/mol. The van der Waals surface area contributed by atoms with Crippen molar-refractivity contribution in [1.29, 1.82) is 5.41 Å². The highest BCUT2D eigenvalue weighted by atomic mass is 15.4. The van der Waals surface area contributed by atoms with Crippen LogP contribution in [0.2, 0.25) is 0 Å². The van der Waals surface area contributed by atoms with Crippen LogP contribution in [0.25, 0.3) is 0 Å². The van der Waals surface area contributed by atoms with Gasteiger partial charge in [-0.05, 0) is 0 Å². The molecule has 3 N–H and O–H groups in total. The number of aliphatic imine (C=N–C) groups is 1. The second-order valence-corrected chi connectivity index (χ2v) is 1.36. The van der Waals surface area contributed by atoms with Crippen LogP contribution < -0.4 is 5.84 Å². The van der Waals surface area contributed by atoms with Gasteiger partial charge < -0.3 is 0 Å². The summed E-state index contributed by atoms with van der Waals surface area (Å²) in [6, 6.07) is 0. The number of amidine groups is 1. The number of nitrogens with zero attached hydrogens (tertiary/aromatic N) is 2. The lowest BCUT2D eigenvalue weighted by Gasteiger charge is -1.99. The van der Waals surface area contributed by atoms with Gasteiger partial charge in [0.05, 0.1) is 6.54 Å². The fraction of sp³-hybridized carbons (Fsp3) is 0.333. The van der Waals surface area contributed by atoms with Crippen LogP contribution in [-0.4, -0.2) is 23.7 Å². The average molecular weight is 98.1 g/mol. The molecule has 0 aliphatic carbocycles. The molecular formula is C3H6N4. The van der Waals surface area contributed by atoms with Crippen LogP contribution in [0.15, 0.2) is 4.99 Å². The topological polar surface area (TPSA) is 65.5 Å². The molecular weight excluding hydrogens is 92.1 g/mol. The molecule has 0 bridgehead atoms. The Morgan fingerprint density at radius 3 is 2.86 bits per heavy atom. The second-order valence-electron chi connectivity index (χ2n) is 1.36. The highest BCUT2D eigenvalue weighted by Gasteiger charge is 2.03. The molecule has 0 aromatic heterocycles. The van der Waals surface area contributed by atoms with Crippen LogP contribution in [0.1, 0.15) is 0 Å². The largest absolute Gasteiger partial charge is 0.293 e. The van der Waals surface area contributed by atoms with Crippen molar-refractivity contribution in [1.82, 2.24) is 5.01 Å². The van der Waals surface area contributed by atoms with Gasteiger partial charge in [0, 0.05) is 0 Å². The Labute approximate surface area is 41.1 Å². The first-order chi connectivity index (χ1) is 3.29. The van der Waals surface area contributed by atoms with Gasteiger partial charge in [0.15, 0.2) is 0 Å². The molecule has 1 aliphatic heterocycles. The Morgan fingerprint density at radius 2 is 2.71 bits per heavy atom. The Balaban J connectivity index is 2.58. The highest BCUT2D eigenvalue weighted by molar-refractivity contribution is 5.93. The third-order valence-corrected chi connectivity index (χ3v) is 0.694. The molecule has 0 spiro atoms. The fourth-order valence-electron chi connectivity index (χ4n) is 0.398. The van der Waals surface area contributed by atoms with Crippen LogP contribution in [0.3, 0.4) is 0 Å². The van der Waals surface area contributed by atoms with Gasteiger partial charge in [-0.25, -0.2) is 10.8 Å². The number of hydrogen-bond acceptors (Lipinski definition) is 3. The van der Waals surface area contributed by atoms with Crippen LogP contribution in [0.4, 0.5) is 0 Å². The smallest absolute Gasteiger partial charge is 0.143 e. The quantitative estimate of drug-likeness (QED) is 0.389. The Bertz CT molecular complexity index is 116. The second kappa shape index (κ2) is 1.31. The van der Waals surface area contributed by atoms with Crippen molar-refractivity contribution in [2.45, 2.75) is 0 Å². The zero-order valence-corrected chi connectivity index (χ0v) is 3.76. The van der Waals surface area contributed by atoms with E-state index in [1.807, 2.05) is 0 Å². The molecule has 0 fully saturated rings. The first-order valence-corrected chi connectivity index (χ1v) is 1.92. The van der Waals surface area contributed by atoms with Crippen molar-refractivity contribution in [2.75, 3.05) is 6.54 Å². The van der Waals surface area contributed by atoms with E-state index in [-0.39, 0.29) is 0 Å². The molecule has 0 aromatic rings. The summed E-state index contributed by atoms with van der Waals surface area (Å²) < 4.78 is 0. The number of hydrogen-bond donors (Lipinski definition) is 2. The molecule has 0 saturated heterocycles. The third kappa shape index (κ3) is 0.747. The Hall–Kier alpha value is -0.900. The predicted octanol–water partition coefficient (Wildman–Crippen LogP) is -0.819. The summed E-state index contributed by atoms with van der Waals surface area (Å²) in [5.74, 6) is 5.49. The van der Waals surface area contributed by atoms with E-state index in [4.69, 9.17) is 11.3 Å². The third-order valence-electron chi connectivity index (χ3n) is 0.694. The normalized spacial score (nSPS) is 19.0. The maximum atomic E-state index is 6.86. The molecule has 1 rings (SSSR count). The minimum Gasteiger partial charge on any atom is -0.293 e. The standard InChI is InChI=1S/C3H6N4/c4-3-1-7(5)2-6-3/h2,4H,1,5H2. The summed E-state index contributed by atoms with van der Waals surface area (Å²) in [6.07, 6.45) is 1.43. The van der Waals surface area contributed by atoms with Gasteiger partial charge in [0.25, 0.3) is 0 Å². The van der Waals surface area contributed by atoms with Gasteiger partial charge in [0.1, 0.15) is 12.2 Å². The summed E-state index contributed by atoms with van der Waals surface area (Å²) in [5, 5.41) is 8.22. The van der Waals surface area contributed by atoms with E-state index < -0.39 is 0 Å². The predicted molar refractivity (Wildman–Crippen MR) is 27.1 cm³/mol. The number of hydrazine groups is 1. The maximum Gasteiger partial charge on any atom is 0.143 e. The van der Waals surface area contributed by atoms with Gasteiger partial charge in [-0.3, -0.25) is 10.4 Å². The van der Waals surface area contributed by atoms with E-state index >= 15 is 0 Å². The van der Waals surface area contributed by atoms with Gasteiger partial charge >= 0.3 is 0 Å². The van der Waals surface area contributed by atoms with Crippen LogP contribution in [0.5, 0.6) is 0 Å². The van der Waals surface area contributed by atoms with Crippen molar-refractivity contribution in [3.05, 3.63) is 0 Å². The molecule has 0 atom stereocenters. The first kappa shape index (κ1) is 4.26. The maximum absolute atomic E-state index is 6.86. The summed E-state index contributed by atoms with van der Waals surface area (Å²) in [4.78, 5) is 3.58. The summed E-state index contributed by atoms with van der Waals surface area (Å²) in [5.41, 5.74) is 0. The molecule has 0 unspecified atom stereocenters. The molecule has 0 radical (unpaired) electrons. The van der Waals surface area contributed by atoms with Crippen molar-refractivity contribution in [2.24, 2.45) is 10.8 Å². The molecule has 38 valence electrons. The summed E-state index contributed by atoms with van der Waals surface area (Å²) in [6.45, 7) is 0.444. The number of rotatable bonds is 0. The van der Waals surface area contributed by atoms with Crippen molar-refractivity contribution >= 4 is 12.2 Å². The fourth-order valence-corrected chi connectivity index (χ4v) is 0.398. The average Bonchev–Trinajstić information content (AvgIpc) is 1.87. The van der Waals surface area contributed by atoms with E-state index in [1.54, 1.807) is 0 Å². The van der Waals surface area contributed by atoms with Gasteiger partial charge in [0.2, 0.25) is 0 Å². The van der Waals surface area contributed by atoms with Crippen molar-refractivity contribution in [3.8, 4) is 0 Å². The number of nitrogens with one attached hydrogen (secondary N) is 1. The Morgan fingerprint density at radius 1 is 2.00 bits per heavy atom. The molecule has 0 amide bonds. The lowest BCUT2D eigenvalue weighted by molar-refractivity contribution is 0.532. The van der Waals surface area contributed by atoms with E-state index in [2.05, 4.69) is 4.99 Å². The molecule has 4 nitrogen and oxygen atoms in total. The molecule has 7 heavy (non-hydrogen) atoms. The van der Waals surface area contributed by atoms with E-state index in [9.17, 15) is 0 Å². The minimum absolute atomic E-state index is 0.322. The first-order valence-electron chi connectivity index (χ1n) is 1.92. The van der Waals surface area contributed by atoms with Crippen LogP contribution >= 0.6 is 0 Å². The highest BCUT2D eigenvalue weighted by Crippen LogP contribution is 1.85. The zero-order valence-electron chi connectivity index (χ0n) is 3.76. The van der Waals surface area contributed by atoms with Gasteiger partial charge in [-0.1, -0.05) is 0 Å². The lowest BCUT2D eigenvalue weighted by Crippen LogP contribution is -2.28. The SMILES string of the molecule is N=C1CN(N)C=N1. The Kier molecular flexibility index (Phi) is 0.796. The summed E-state index contributed by atoms with van der Waals surface area (Å²) >= 11 is 0. The van der Waals surface area contributed by atoms with E-state index in [1.165, 1.54) is 11.3 Å². The van der Waals surface area contributed by atoms with E-state index in [0.29, 0.717) is 12.4 Å². The molecule has 1 heterocycles. The molecule has 1 aliphatic rings. The van der Waals surface area contributed by atoms with Crippen molar-refractivity contribution < 1.29 is 0 Å². The van der Waals surface area contributed by atoms with Gasteiger partial charge in [-0.15, -0.1) is 0 Å². The van der Waals surface area contributed by atoms with Crippen molar-refractivity contribution in [3.63, 3.8) is 0 Å². The minimum atomic E-state index is 0.322. The number of nitrogens with two attached hydrogens (primary N) is 1. The molecule has 4 heteroatoms. The molecule has 0 saturated carbocycles. The van der Waals surface area contributed by atoms with Crippen LogP contribution in [0, 0.1) is 5.41 Å². The van der Waals surface area contributed by atoms with E-state index in [0.717, 1.165) is 0 Å². The zero-order chi connectivity index (χ0) is 5.28. The summed E-state index contributed by atoms with van der Waals surface area (Å²) in [7, 11) is 0. The van der Waals surface area contributed by atoms with Crippen LogP contribution in [-0.2, 0) is 0 Å². The lowest BCUT2D eigenvalue weighted by atomic mass is 10.6. The van der Waals surface area contributed by atoms with Gasteiger partial charge in [-0.2, -0.15) is 0 Å². The molecule has 0 aromatic carbocycles.